The van der Waals surface area contributed by atoms with Crippen molar-refractivity contribution in [1.82, 2.24) is 20.6 Å². The molecule has 2 atom stereocenters. The summed E-state index contributed by atoms with van der Waals surface area (Å²) in [7, 11) is 0. The number of rotatable bonds is 4. The van der Waals surface area contributed by atoms with Crippen molar-refractivity contribution >= 4 is 23.3 Å². The molecule has 9 heteroatoms. The fourth-order valence-corrected chi connectivity index (χ4v) is 6.94. The summed E-state index contributed by atoms with van der Waals surface area (Å²) in [4.78, 5) is 41.6. The summed E-state index contributed by atoms with van der Waals surface area (Å²) in [5.74, 6) is 1.53. The summed E-state index contributed by atoms with van der Waals surface area (Å²) < 4.78 is 0. The largest absolute Gasteiger partial charge is 0.401 e. The first-order valence-corrected chi connectivity index (χ1v) is 14.3. The van der Waals surface area contributed by atoms with E-state index in [2.05, 4.69) is 27.4 Å². The van der Waals surface area contributed by atoms with Crippen LogP contribution in [0.1, 0.15) is 81.6 Å². The van der Waals surface area contributed by atoms with Crippen LogP contribution in [0.2, 0.25) is 0 Å². The van der Waals surface area contributed by atoms with Gasteiger partial charge in [-0.2, -0.15) is 4.98 Å². The number of aromatic nitrogens is 2. The molecule has 0 aromatic carbocycles. The monoisotopic (exact) mass is 507 g/mol. The van der Waals surface area contributed by atoms with E-state index in [0.717, 1.165) is 83.6 Å². The highest BCUT2D eigenvalue weighted by molar-refractivity contribution is 6.09. The van der Waals surface area contributed by atoms with Crippen molar-refractivity contribution in [3.05, 3.63) is 23.0 Å². The molecule has 2 spiro atoms. The average molecular weight is 508 g/mol. The molecule has 0 amide bonds. The van der Waals surface area contributed by atoms with E-state index in [1.54, 1.807) is 0 Å². The first-order valence-electron chi connectivity index (χ1n) is 14.3. The van der Waals surface area contributed by atoms with Crippen molar-refractivity contribution in [3.63, 3.8) is 0 Å². The van der Waals surface area contributed by atoms with Crippen molar-refractivity contribution in [1.29, 1.82) is 0 Å². The van der Waals surface area contributed by atoms with E-state index in [9.17, 15) is 9.59 Å². The Morgan fingerprint density at radius 1 is 1.05 bits per heavy atom. The number of piperazine rings is 1. The van der Waals surface area contributed by atoms with Crippen molar-refractivity contribution in [2.45, 2.75) is 82.7 Å². The molecule has 4 N–H and O–H groups in total. The van der Waals surface area contributed by atoms with Crippen LogP contribution < -0.4 is 26.2 Å². The molecule has 9 nitrogen and oxygen atoms in total. The topological polar surface area (TPSA) is 116 Å². The van der Waals surface area contributed by atoms with Gasteiger partial charge < -0.3 is 26.2 Å². The lowest BCUT2D eigenvalue weighted by atomic mass is 9.64. The quantitative estimate of drug-likeness (QED) is 0.528. The molecule has 2 saturated carbocycles. The standard InChI is InChI=1S/C28H41N7O2/c1-19-17-30-12-5-14-35(19)26-32-21(16-23(33-26)34-15-13-31-27(18-34)10-11-27)24(37)20-6-4-9-28(25(20)29)8-3-2-7-22(28)36/h16,19,30-31H,2-15,17-18,29H2,1H3/t19-,28+/m0/s1. The molecule has 1 aromatic heterocycles. The summed E-state index contributed by atoms with van der Waals surface area (Å²) in [5.41, 5.74) is 7.79. The van der Waals surface area contributed by atoms with Crippen molar-refractivity contribution in [2.24, 2.45) is 11.1 Å². The summed E-state index contributed by atoms with van der Waals surface area (Å²) in [5, 5.41) is 7.15. The zero-order chi connectivity index (χ0) is 25.6. The van der Waals surface area contributed by atoms with Crippen LogP contribution in [0.15, 0.2) is 17.3 Å². The van der Waals surface area contributed by atoms with Crippen LogP contribution in [-0.2, 0) is 4.79 Å². The molecular weight excluding hydrogens is 466 g/mol. The van der Waals surface area contributed by atoms with E-state index >= 15 is 0 Å². The van der Waals surface area contributed by atoms with Crippen LogP contribution in [0.4, 0.5) is 11.8 Å². The van der Waals surface area contributed by atoms with Crippen molar-refractivity contribution < 1.29 is 9.59 Å². The molecule has 37 heavy (non-hydrogen) atoms. The fourth-order valence-electron chi connectivity index (χ4n) is 6.94. The minimum atomic E-state index is -0.651. The van der Waals surface area contributed by atoms with Gasteiger partial charge in [0, 0.05) is 68.1 Å². The normalized spacial score (nSPS) is 30.1. The van der Waals surface area contributed by atoms with Gasteiger partial charge >= 0.3 is 0 Å². The molecule has 200 valence electrons. The maximum absolute atomic E-state index is 14.1. The van der Waals surface area contributed by atoms with Gasteiger partial charge in [0.15, 0.2) is 0 Å². The highest BCUT2D eigenvalue weighted by Crippen LogP contribution is 2.47. The van der Waals surface area contributed by atoms with Crippen LogP contribution >= 0.6 is 0 Å². The predicted molar refractivity (Wildman–Crippen MR) is 144 cm³/mol. The van der Waals surface area contributed by atoms with Crippen LogP contribution in [0, 0.1) is 5.41 Å². The fraction of sp³-hybridized carbons (Fsp3) is 0.714. The summed E-state index contributed by atoms with van der Waals surface area (Å²) in [6.07, 6.45) is 8.78. The molecule has 3 aliphatic carbocycles. The number of Topliss-reactive ketones (excluding diaryl/α,β-unsaturated/α-hetero) is 2. The molecular formula is C28H41N7O2. The Labute approximate surface area is 219 Å². The molecule has 5 aliphatic rings. The molecule has 0 unspecified atom stereocenters. The minimum absolute atomic E-state index is 0.128. The predicted octanol–water partition coefficient (Wildman–Crippen LogP) is 2.32. The van der Waals surface area contributed by atoms with Crippen molar-refractivity contribution in [3.8, 4) is 0 Å². The Morgan fingerprint density at radius 3 is 2.70 bits per heavy atom. The minimum Gasteiger partial charge on any atom is -0.401 e. The van der Waals surface area contributed by atoms with Crippen LogP contribution in [-0.4, -0.2) is 72.4 Å². The number of carbonyl (C=O) groups excluding carboxylic acids is 2. The van der Waals surface area contributed by atoms with Crippen LogP contribution in [0.25, 0.3) is 0 Å². The lowest BCUT2D eigenvalue weighted by molar-refractivity contribution is -0.129. The van der Waals surface area contributed by atoms with E-state index in [1.165, 1.54) is 12.8 Å². The first-order chi connectivity index (χ1) is 17.9. The number of anilines is 2. The third-order valence-corrected chi connectivity index (χ3v) is 9.40. The third-order valence-electron chi connectivity index (χ3n) is 9.40. The molecule has 2 saturated heterocycles. The lowest BCUT2D eigenvalue weighted by Gasteiger charge is -2.40. The number of nitrogens with one attached hydrogen (secondary N) is 2. The summed E-state index contributed by atoms with van der Waals surface area (Å²) in [6, 6.07) is 2.10. The van der Waals surface area contributed by atoms with Gasteiger partial charge in [0.05, 0.1) is 5.41 Å². The summed E-state index contributed by atoms with van der Waals surface area (Å²) in [6.45, 7) is 7.51. The number of carbonyl (C=O) groups is 2. The molecule has 0 bridgehead atoms. The first kappa shape index (κ1) is 24.8. The van der Waals surface area contributed by atoms with Gasteiger partial charge in [-0.05, 0) is 64.8 Å². The van der Waals surface area contributed by atoms with Gasteiger partial charge in [-0.15, -0.1) is 0 Å². The molecule has 0 radical (unpaired) electrons. The van der Waals surface area contributed by atoms with Gasteiger partial charge in [-0.25, -0.2) is 4.98 Å². The zero-order valence-corrected chi connectivity index (χ0v) is 22.2. The Morgan fingerprint density at radius 2 is 1.89 bits per heavy atom. The third kappa shape index (κ3) is 4.54. The molecule has 6 rings (SSSR count). The second-order valence-electron chi connectivity index (χ2n) is 11.9. The van der Waals surface area contributed by atoms with Gasteiger partial charge in [0.2, 0.25) is 11.7 Å². The highest BCUT2D eigenvalue weighted by atomic mass is 16.1. The SMILES string of the molecule is C[C@H]1CNCCCN1c1nc(C(=O)C2=C(N)[C@]3(CCCCC3=O)CCC2)cc(N2CCNC3(CC3)C2)n1. The van der Waals surface area contributed by atoms with E-state index in [0.29, 0.717) is 35.8 Å². The van der Waals surface area contributed by atoms with Crippen molar-refractivity contribution in [2.75, 3.05) is 49.1 Å². The van der Waals surface area contributed by atoms with Gasteiger partial charge in [-0.1, -0.05) is 6.42 Å². The Kier molecular flexibility index (Phi) is 6.47. The van der Waals surface area contributed by atoms with Crippen LogP contribution in [0.5, 0.6) is 0 Å². The second-order valence-corrected chi connectivity index (χ2v) is 11.9. The maximum Gasteiger partial charge on any atom is 0.228 e. The number of nitrogens with two attached hydrogens (primary N) is 1. The van der Waals surface area contributed by atoms with E-state index in [-0.39, 0.29) is 23.1 Å². The van der Waals surface area contributed by atoms with Crippen LogP contribution in [0.3, 0.4) is 0 Å². The molecule has 4 fully saturated rings. The number of hydrogen-bond acceptors (Lipinski definition) is 9. The van der Waals surface area contributed by atoms with Gasteiger partial charge in [0.25, 0.3) is 0 Å². The average Bonchev–Trinajstić information content (AvgIpc) is 3.69. The van der Waals surface area contributed by atoms with Gasteiger partial charge in [-0.3, -0.25) is 9.59 Å². The Balaban J connectivity index is 1.39. The van der Waals surface area contributed by atoms with E-state index in [4.69, 9.17) is 15.7 Å². The second kappa shape index (κ2) is 9.66. The highest BCUT2D eigenvalue weighted by Gasteiger charge is 2.47. The Hall–Kier alpha value is -2.52. The molecule has 2 aliphatic heterocycles. The van der Waals surface area contributed by atoms with E-state index < -0.39 is 5.41 Å². The number of nitrogens with zero attached hydrogens (tertiary/aromatic N) is 4. The lowest BCUT2D eigenvalue weighted by Crippen LogP contribution is -2.53. The summed E-state index contributed by atoms with van der Waals surface area (Å²) >= 11 is 0. The maximum atomic E-state index is 14.1. The smallest absolute Gasteiger partial charge is 0.228 e. The molecule has 3 heterocycles. The zero-order valence-electron chi connectivity index (χ0n) is 22.2. The van der Waals surface area contributed by atoms with E-state index in [1.807, 2.05) is 6.07 Å². The number of ketones is 2. The molecule has 1 aromatic rings. The Bertz CT molecular complexity index is 1110. The number of hydrogen-bond donors (Lipinski definition) is 3. The number of allylic oxidation sites excluding steroid dienone is 2. The van der Waals surface area contributed by atoms with Gasteiger partial charge in [0.1, 0.15) is 17.3 Å².